The van der Waals surface area contributed by atoms with Gasteiger partial charge in [0.05, 0.1) is 16.7 Å². The number of halogens is 1. The second kappa shape index (κ2) is 5.51. The minimum absolute atomic E-state index is 0.0168. The van der Waals surface area contributed by atoms with E-state index in [1.165, 1.54) is 12.8 Å². The van der Waals surface area contributed by atoms with E-state index in [1.807, 2.05) is 17.0 Å². The predicted molar refractivity (Wildman–Crippen MR) is 74.4 cm³/mol. The van der Waals surface area contributed by atoms with Gasteiger partial charge in [-0.2, -0.15) is 0 Å². The third-order valence-electron chi connectivity index (χ3n) is 3.80. The Balaban J connectivity index is 1.57. The fraction of sp³-hybridized carbons (Fsp3) is 0.533. The quantitative estimate of drug-likeness (QED) is 0.848. The summed E-state index contributed by atoms with van der Waals surface area (Å²) >= 11 is 6.07. The highest BCUT2D eigenvalue weighted by atomic mass is 35.5. The van der Waals surface area contributed by atoms with Crippen LogP contribution in [-0.2, 0) is 4.74 Å². The van der Waals surface area contributed by atoms with E-state index in [0.29, 0.717) is 17.1 Å². The van der Waals surface area contributed by atoms with Crippen LogP contribution in [0.3, 0.4) is 0 Å². The average molecular weight is 280 g/mol. The second-order valence-electron chi connectivity index (χ2n) is 5.42. The van der Waals surface area contributed by atoms with Crippen LogP contribution in [0.2, 0.25) is 5.02 Å². The number of carbonyl (C=O) groups excluding carboxylic acids is 1. The van der Waals surface area contributed by atoms with E-state index in [2.05, 4.69) is 0 Å². The van der Waals surface area contributed by atoms with Gasteiger partial charge in [0.15, 0.2) is 0 Å². The molecule has 0 aromatic heterocycles. The first-order chi connectivity index (χ1) is 9.24. The molecule has 0 spiro atoms. The molecule has 1 heterocycles. The molecule has 0 N–H and O–H groups in total. The lowest BCUT2D eigenvalue weighted by molar-refractivity contribution is 0.0480. The molecule has 1 aliphatic carbocycles. The zero-order valence-corrected chi connectivity index (χ0v) is 11.6. The smallest absolute Gasteiger partial charge is 0.255 e. The largest absolute Gasteiger partial charge is 0.376 e. The van der Waals surface area contributed by atoms with Gasteiger partial charge in [0.1, 0.15) is 0 Å². The molecule has 1 atom stereocenters. The van der Waals surface area contributed by atoms with Crippen molar-refractivity contribution in [3.05, 3.63) is 34.9 Å². The lowest BCUT2D eigenvalue weighted by Gasteiger charge is -2.17. The van der Waals surface area contributed by atoms with Gasteiger partial charge in [-0.3, -0.25) is 4.79 Å². The molecule has 102 valence electrons. The van der Waals surface area contributed by atoms with Crippen LogP contribution in [0.1, 0.15) is 29.6 Å². The number of hydrogen-bond donors (Lipinski definition) is 0. The summed E-state index contributed by atoms with van der Waals surface area (Å²) in [6.45, 7) is 2.31. The highest BCUT2D eigenvalue weighted by Crippen LogP contribution is 2.30. The highest BCUT2D eigenvalue weighted by molar-refractivity contribution is 6.33. The molecule has 1 saturated heterocycles. The first kappa shape index (κ1) is 12.9. The van der Waals surface area contributed by atoms with E-state index in [0.717, 1.165) is 25.5 Å². The van der Waals surface area contributed by atoms with Crippen molar-refractivity contribution in [1.82, 2.24) is 4.90 Å². The van der Waals surface area contributed by atoms with Crippen molar-refractivity contribution in [3.63, 3.8) is 0 Å². The Bertz CT molecular complexity index is 473. The van der Waals surface area contributed by atoms with Crippen LogP contribution in [0.5, 0.6) is 0 Å². The lowest BCUT2D eigenvalue weighted by Crippen LogP contribution is -2.30. The summed E-state index contributed by atoms with van der Waals surface area (Å²) in [5.41, 5.74) is 0.590. The maximum Gasteiger partial charge on any atom is 0.255 e. The Hall–Kier alpha value is -1.06. The van der Waals surface area contributed by atoms with E-state index in [1.54, 1.807) is 12.1 Å². The SMILES string of the molecule is O=C(c1ccccc1Cl)N1CCC(OCC2CC2)C1. The number of ether oxygens (including phenoxy) is 1. The number of likely N-dealkylation sites (tertiary alicyclic amines) is 1. The summed E-state index contributed by atoms with van der Waals surface area (Å²) in [5.74, 6) is 0.788. The Morgan fingerprint density at radius 1 is 1.32 bits per heavy atom. The molecule has 0 radical (unpaired) electrons. The topological polar surface area (TPSA) is 29.5 Å². The molecule has 1 aliphatic heterocycles. The van der Waals surface area contributed by atoms with E-state index < -0.39 is 0 Å². The number of carbonyl (C=O) groups is 1. The predicted octanol–water partition coefficient (Wildman–Crippen LogP) is 2.98. The van der Waals surface area contributed by atoms with E-state index in [4.69, 9.17) is 16.3 Å². The Morgan fingerprint density at radius 2 is 2.11 bits per heavy atom. The minimum atomic E-state index is 0.0168. The second-order valence-corrected chi connectivity index (χ2v) is 5.83. The molecule has 19 heavy (non-hydrogen) atoms. The number of rotatable bonds is 4. The van der Waals surface area contributed by atoms with Crippen LogP contribution >= 0.6 is 11.6 Å². The molecule has 2 fully saturated rings. The normalized spacial score (nSPS) is 22.8. The zero-order valence-electron chi connectivity index (χ0n) is 10.8. The van der Waals surface area contributed by atoms with Crippen molar-refractivity contribution >= 4 is 17.5 Å². The van der Waals surface area contributed by atoms with E-state index in [-0.39, 0.29) is 12.0 Å². The molecule has 4 heteroatoms. The highest BCUT2D eigenvalue weighted by Gasteiger charge is 2.30. The van der Waals surface area contributed by atoms with Gasteiger partial charge >= 0.3 is 0 Å². The van der Waals surface area contributed by atoms with Crippen LogP contribution in [0.4, 0.5) is 0 Å². The van der Waals surface area contributed by atoms with E-state index in [9.17, 15) is 4.79 Å². The summed E-state index contributed by atoms with van der Waals surface area (Å²) in [4.78, 5) is 14.2. The number of benzene rings is 1. The number of amides is 1. The monoisotopic (exact) mass is 279 g/mol. The van der Waals surface area contributed by atoms with Gasteiger partial charge < -0.3 is 9.64 Å². The lowest BCUT2D eigenvalue weighted by atomic mass is 10.2. The molecule has 1 aromatic carbocycles. The number of hydrogen-bond acceptors (Lipinski definition) is 2. The summed E-state index contributed by atoms with van der Waals surface area (Å²) in [6, 6.07) is 7.22. The maximum absolute atomic E-state index is 12.3. The summed E-state index contributed by atoms with van der Waals surface area (Å²) in [5, 5.41) is 0.523. The van der Waals surface area contributed by atoms with Crippen LogP contribution in [-0.4, -0.2) is 36.6 Å². The third kappa shape index (κ3) is 3.10. The summed E-state index contributed by atoms with van der Waals surface area (Å²) in [6.07, 6.45) is 3.74. The maximum atomic E-state index is 12.3. The van der Waals surface area contributed by atoms with Gasteiger partial charge in [0.2, 0.25) is 0 Å². The first-order valence-corrected chi connectivity index (χ1v) is 7.27. The van der Waals surface area contributed by atoms with Crippen molar-refractivity contribution in [1.29, 1.82) is 0 Å². The summed E-state index contributed by atoms with van der Waals surface area (Å²) in [7, 11) is 0. The zero-order chi connectivity index (χ0) is 13.2. The van der Waals surface area contributed by atoms with Crippen LogP contribution < -0.4 is 0 Å². The molecule has 1 amide bonds. The molecule has 1 unspecified atom stereocenters. The van der Waals surface area contributed by atoms with Gasteiger partial charge in [-0.25, -0.2) is 0 Å². The molecule has 1 saturated carbocycles. The van der Waals surface area contributed by atoms with Crippen molar-refractivity contribution in [2.24, 2.45) is 5.92 Å². The fourth-order valence-electron chi connectivity index (χ4n) is 2.41. The van der Waals surface area contributed by atoms with Gasteiger partial charge in [0.25, 0.3) is 5.91 Å². The van der Waals surface area contributed by atoms with Gasteiger partial charge in [-0.05, 0) is 37.3 Å². The Kier molecular flexibility index (Phi) is 3.76. The minimum Gasteiger partial charge on any atom is -0.376 e. The molecule has 0 bridgehead atoms. The molecular formula is C15H18ClNO2. The Morgan fingerprint density at radius 3 is 2.84 bits per heavy atom. The third-order valence-corrected chi connectivity index (χ3v) is 4.13. The Labute approximate surface area is 118 Å². The van der Waals surface area contributed by atoms with Crippen LogP contribution in [0.15, 0.2) is 24.3 Å². The van der Waals surface area contributed by atoms with Crippen molar-refractivity contribution in [3.8, 4) is 0 Å². The van der Waals surface area contributed by atoms with Crippen molar-refractivity contribution in [2.75, 3.05) is 19.7 Å². The molecular weight excluding hydrogens is 262 g/mol. The molecule has 2 aliphatic rings. The van der Waals surface area contributed by atoms with Crippen molar-refractivity contribution in [2.45, 2.75) is 25.4 Å². The first-order valence-electron chi connectivity index (χ1n) is 6.89. The fourth-order valence-corrected chi connectivity index (χ4v) is 2.63. The summed E-state index contributed by atoms with van der Waals surface area (Å²) < 4.78 is 5.85. The molecule has 1 aromatic rings. The number of nitrogens with zero attached hydrogens (tertiary/aromatic N) is 1. The van der Waals surface area contributed by atoms with Crippen molar-refractivity contribution < 1.29 is 9.53 Å². The van der Waals surface area contributed by atoms with Gasteiger partial charge in [-0.1, -0.05) is 23.7 Å². The van der Waals surface area contributed by atoms with Gasteiger partial charge in [-0.15, -0.1) is 0 Å². The van der Waals surface area contributed by atoms with E-state index >= 15 is 0 Å². The van der Waals surface area contributed by atoms with Crippen LogP contribution in [0.25, 0.3) is 0 Å². The standard InChI is InChI=1S/C15H18ClNO2/c16-14-4-2-1-3-13(14)15(18)17-8-7-12(9-17)19-10-11-5-6-11/h1-4,11-12H,5-10H2. The van der Waals surface area contributed by atoms with Crippen LogP contribution in [0, 0.1) is 5.92 Å². The van der Waals surface area contributed by atoms with Gasteiger partial charge in [0, 0.05) is 19.7 Å². The molecule has 3 rings (SSSR count). The average Bonchev–Trinajstić information content (AvgIpc) is 3.13. The molecule has 3 nitrogen and oxygen atoms in total.